The van der Waals surface area contributed by atoms with E-state index in [0.717, 1.165) is 0 Å². The summed E-state index contributed by atoms with van der Waals surface area (Å²) < 4.78 is 0. The van der Waals surface area contributed by atoms with Gasteiger partial charge in [-0.1, -0.05) is 24.3 Å². The van der Waals surface area contributed by atoms with Crippen LogP contribution < -0.4 is 0 Å². The molecule has 1 fully saturated rings. The lowest BCUT2D eigenvalue weighted by molar-refractivity contribution is 0.121. The van der Waals surface area contributed by atoms with Crippen molar-refractivity contribution in [2.24, 2.45) is 0 Å². The van der Waals surface area contributed by atoms with Gasteiger partial charge in [0.2, 0.25) is 0 Å². The van der Waals surface area contributed by atoms with Gasteiger partial charge in [-0.15, -0.1) is 0 Å². The quantitative estimate of drug-likeness (QED) is 0.804. The van der Waals surface area contributed by atoms with Crippen LogP contribution in [0.2, 0.25) is 0 Å². The van der Waals surface area contributed by atoms with Crippen LogP contribution in [0.3, 0.4) is 0 Å². The minimum atomic E-state index is 0.262. The first kappa shape index (κ1) is 16.5. The fourth-order valence-electron chi connectivity index (χ4n) is 3.57. The molecule has 1 aliphatic rings. The zero-order chi connectivity index (χ0) is 15.5. The van der Waals surface area contributed by atoms with Crippen LogP contribution in [0.5, 0.6) is 0 Å². The number of rotatable bonds is 5. The van der Waals surface area contributed by atoms with E-state index < -0.39 is 0 Å². The Hall–Kier alpha value is -0.860. The Kier molecular flexibility index (Phi) is 5.45. The molecule has 0 bridgehead atoms. The van der Waals surface area contributed by atoms with E-state index in [1.165, 1.54) is 38.8 Å². The average Bonchev–Trinajstić information content (AvgIpc) is 2.88. The van der Waals surface area contributed by atoms with Crippen LogP contribution in [-0.2, 0) is 6.42 Å². The molecule has 2 nitrogen and oxygen atoms in total. The molecule has 1 heterocycles. The number of hydrogen-bond donors (Lipinski definition) is 0. The molecule has 21 heavy (non-hydrogen) atoms. The maximum absolute atomic E-state index is 2.69. The minimum Gasteiger partial charge on any atom is -0.309 e. The molecular weight excluding hydrogens is 256 g/mol. The third-order valence-electron chi connectivity index (χ3n) is 4.58. The molecule has 0 saturated carbocycles. The lowest BCUT2D eigenvalue weighted by atomic mass is 9.93. The van der Waals surface area contributed by atoms with Gasteiger partial charge in [-0.25, -0.2) is 0 Å². The van der Waals surface area contributed by atoms with Crippen LogP contribution in [0.1, 0.15) is 57.2 Å². The second kappa shape index (κ2) is 6.93. The fourth-order valence-corrected chi connectivity index (χ4v) is 3.57. The summed E-state index contributed by atoms with van der Waals surface area (Å²) in [6.45, 7) is 9.45. The lowest BCUT2D eigenvalue weighted by Crippen LogP contribution is -2.40. The Morgan fingerprint density at radius 2 is 1.90 bits per heavy atom. The molecular formula is C19H32N2. The van der Waals surface area contributed by atoms with E-state index in [1.807, 2.05) is 0 Å². The summed E-state index contributed by atoms with van der Waals surface area (Å²) in [6.07, 6.45) is 5.07. The number of likely N-dealkylation sites (tertiary alicyclic amines) is 1. The first-order chi connectivity index (χ1) is 9.89. The molecule has 1 aromatic carbocycles. The monoisotopic (exact) mass is 288 g/mol. The van der Waals surface area contributed by atoms with Crippen molar-refractivity contribution < 1.29 is 0 Å². The molecule has 0 radical (unpaired) electrons. The SMILES string of the molecule is CN(C)CCCc1ccccc1C1CCCN1C(C)(C)C. The van der Waals surface area contributed by atoms with Crippen molar-refractivity contribution in [3.8, 4) is 0 Å². The summed E-state index contributed by atoms with van der Waals surface area (Å²) in [7, 11) is 4.31. The van der Waals surface area contributed by atoms with Gasteiger partial charge in [0.1, 0.15) is 0 Å². The predicted octanol–water partition coefficient (Wildman–Crippen LogP) is 4.12. The van der Waals surface area contributed by atoms with Gasteiger partial charge in [0, 0.05) is 11.6 Å². The zero-order valence-electron chi connectivity index (χ0n) is 14.5. The van der Waals surface area contributed by atoms with Crippen molar-refractivity contribution in [1.82, 2.24) is 9.80 Å². The van der Waals surface area contributed by atoms with Gasteiger partial charge in [0.05, 0.1) is 0 Å². The molecule has 1 atom stereocenters. The van der Waals surface area contributed by atoms with Crippen molar-refractivity contribution >= 4 is 0 Å². The lowest BCUT2D eigenvalue weighted by Gasteiger charge is -2.38. The highest BCUT2D eigenvalue weighted by molar-refractivity contribution is 5.31. The summed E-state index contributed by atoms with van der Waals surface area (Å²) in [6, 6.07) is 9.72. The molecule has 2 heteroatoms. The Bertz CT molecular complexity index is 445. The highest BCUT2D eigenvalue weighted by Crippen LogP contribution is 2.38. The molecule has 0 spiro atoms. The van der Waals surface area contributed by atoms with Crippen molar-refractivity contribution in [1.29, 1.82) is 0 Å². The normalized spacial score (nSPS) is 20.4. The first-order valence-corrected chi connectivity index (χ1v) is 8.39. The van der Waals surface area contributed by atoms with Crippen LogP contribution in [0.15, 0.2) is 24.3 Å². The van der Waals surface area contributed by atoms with E-state index in [4.69, 9.17) is 0 Å². The van der Waals surface area contributed by atoms with Crippen LogP contribution in [-0.4, -0.2) is 42.5 Å². The number of benzene rings is 1. The van der Waals surface area contributed by atoms with Gasteiger partial charge in [-0.05, 0) is 84.8 Å². The van der Waals surface area contributed by atoms with Gasteiger partial charge in [-0.3, -0.25) is 4.90 Å². The molecule has 1 saturated heterocycles. The number of nitrogens with zero attached hydrogens (tertiary/aromatic N) is 2. The average molecular weight is 288 g/mol. The van der Waals surface area contributed by atoms with E-state index in [1.54, 1.807) is 11.1 Å². The summed E-state index contributed by atoms with van der Waals surface area (Å²) in [5.74, 6) is 0. The van der Waals surface area contributed by atoms with Gasteiger partial charge in [0.25, 0.3) is 0 Å². The third-order valence-corrected chi connectivity index (χ3v) is 4.58. The molecule has 1 aliphatic heterocycles. The maximum Gasteiger partial charge on any atom is 0.0356 e. The molecule has 0 N–H and O–H groups in total. The van der Waals surface area contributed by atoms with Crippen molar-refractivity contribution in [2.75, 3.05) is 27.2 Å². The van der Waals surface area contributed by atoms with Gasteiger partial charge >= 0.3 is 0 Å². The highest BCUT2D eigenvalue weighted by Gasteiger charge is 2.34. The molecule has 1 unspecified atom stereocenters. The topological polar surface area (TPSA) is 6.48 Å². The van der Waals surface area contributed by atoms with Crippen LogP contribution in [0, 0.1) is 0 Å². The van der Waals surface area contributed by atoms with Crippen molar-refractivity contribution in [3.63, 3.8) is 0 Å². The third kappa shape index (κ3) is 4.31. The smallest absolute Gasteiger partial charge is 0.0356 e. The molecule has 0 aliphatic carbocycles. The van der Waals surface area contributed by atoms with Gasteiger partial charge in [-0.2, -0.15) is 0 Å². The summed E-state index contributed by atoms with van der Waals surface area (Å²) in [5, 5.41) is 0. The van der Waals surface area contributed by atoms with Crippen LogP contribution in [0.4, 0.5) is 0 Å². The van der Waals surface area contributed by atoms with Crippen LogP contribution in [0.25, 0.3) is 0 Å². The first-order valence-electron chi connectivity index (χ1n) is 8.39. The summed E-state index contributed by atoms with van der Waals surface area (Å²) in [4.78, 5) is 4.97. The number of aryl methyl sites for hydroxylation is 1. The van der Waals surface area contributed by atoms with E-state index >= 15 is 0 Å². The summed E-state index contributed by atoms with van der Waals surface area (Å²) in [5.41, 5.74) is 3.39. The van der Waals surface area contributed by atoms with E-state index in [2.05, 4.69) is 68.9 Å². The highest BCUT2D eigenvalue weighted by atomic mass is 15.2. The van der Waals surface area contributed by atoms with Gasteiger partial charge in [0.15, 0.2) is 0 Å². The Morgan fingerprint density at radius 3 is 2.57 bits per heavy atom. The van der Waals surface area contributed by atoms with Gasteiger partial charge < -0.3 is 4.90 Å². The van der Waals surface area contributed by atoms with Crippen LogP contribution >= 0.6 is 0 Å². The van der Waals surface area contributed by atoms with E-state index in [-0.39, 0.29) is 5.54 Å². The molecule has 1 aromatic rings. The fraction of sp³-hybridized carbons (Fsp3) is 0.684. The zero-order valence-corrected chi connectivity index (χ0v) is 14.5. The Labute approximate surface area is 131 Å². The minimum absolute atomic E-state index is 0.262. The Balaban J connectivity index is 2.15. The largest absolute Gasteiger partial charge is 0.309 e. The van der Waals surface area contributed by atoms with Crippen molar-refractivity contribution in [3.05, 3.63) is 35.4 Å². The molecule has 0 amide bonds. The predicted molar refractivity (Wildman–Crippen MR) is 91.8 cm³/mol. The van der Waals surface area contributed by atoms with Crippen molar-refractivity contribution in [2.45, 2.75) is 58.0 Å². The Morgan fingerprint density at radius 1 is 1.19 bits per heavy atom. The molecule has 0 aromatic heterocycles. The van der Waals surface area contributed by atoms with E-state index in [9.17, 15) is 0 Å². The number of hydrogen-bond acceptors (Lipinski definition) is 2. The second-order valence-corrected chi connectivity index (χ2v) is 7.63. The standard InChI is InChI=1S/C19H32N2/c1-19(2,3)21-15-9-13-18(21)17-12-7-6-10-16(17)11-8-14-20(4)5/h6-7,10,12,18H,8-9,11,13-15H2,1-5H3. The maximum atomic E-state index is 2.69. The molecule has 118 valence electrons. The van der Waals surface area contributed by atoms with E-state index in [0.29, 0.717) is 6.04 Å². The molecule has 2 rings (SSSR count). The summed E-state index contributed by atoms with van der Waals surface area (Å²) >= 11 is 0. The second-order valence-electron chi connectivity index (χ2n) is 7.63.